The molecule has 56 heavy (non-hydrogen) atoms. The van der Waals surface area contributed by atoms with Crippen molar-refractivity contribution in [3.63, 3.8) is 0 Å². The number of piperazine rings is 1. The van der Waals surface area contributed by atoms with Gasteiger partial charge in [0, 0.05) is 79.3 Å². The Morgan fingerprint density at radius 2 is 1.54 bits per heavy atom. The van der Waals surface area contributed by atoms with Crippen LogP contribution in [0, 0.1) is 11.7 Å². The molecule has 0 saturated carbocycles. The first-order valence-corrected chi connectivity index (χ1v) is 20.4. The lowest BCUT2D eigenvalue weighted by molar-refractivity contribution is -0.136. The van der Waals surface area contributed by atoms with Crippen LogP contribution in [0.1, 0.15) is 48.0 Å². The van der Waals surface area contributed by atoms with Crippen LogP contribution in [-0.2, 0) is 16.1 Å². The maximum atomic E-state index is 13.7. The van der Waals surface area contributed by atoms with E-state index in [0.717, 1.165) is 96.2 Å². The molecular formula is C44H44FN5O5S. The first kappa shape index (κ1) is 36.2. The number of imide groups is 1. The van der Waals surface area contributed by atoms with Crippen molar-refractivity contribution in [3.05, 3.63) is 102 Å². The van der Waals surface area contributed by atoms with Gasteiger partial charge in [0.2, 0.25) is 11.8 Å². The number of amides is 3. The second-order valence-corrected chi connectivity index (χ2v) is 16.4. The first-order valence-electron chi connectivity index (χ1n) is 19.5. The van der Waals surface area contributed by atoms with Gasteiger partial charge in [-0.2, -0.15) is 0 Å². The van der Waals surface area contributed by atoms with Gasteiger partial charge in [-0.1, -0.05) is 12.1 Å². The molecule has 1 unspecified atom stereocenters. The summed E-state index contributed by atoms with van der Waals surface area (Å²) in [6.45, 7) is 7.40. The third kappa shape index (κ3) is 7.31. The molecule has 1 aromatic heterocycles. The number of halogens is 1. The molecule has 10 nitrogen and oxygen atoms in total. The summed E-state index contributed by atoms with van der Waals surface area (Å²) in [5, 5.41) is 13.4. The Hall–Kier alpha value is -5.46. The van der Waals surface area contributed by atoms with Crippen molar-refractivity contribution in [1.82, 2.24) is 15.1 Å². The second-order valence-electron chi connectivity index (χ2n) is 15.3. The van der Waals surface area contributed by atoms with Gasteiger partial charge in [-0.25, -0.2) is 4.39 Å². The number of nitrogens with zero attached hydrogens (tertiary/aromatic N) is 4. The number of benzene rings is 4. The fraction of sp³-hybridized carbons (Fsp3) is 0.341. The number of nitrogens with one attached hydrogen (secondary N) is 1. The smallest absolute Gasteiger partial charge is 0.255 e. The van der Waals surface area contributed by atoms with Gasteiger partial charge in [-0.15, -0.1) is 11.3 Å². The molecule has 3 saturated heterocycles. The van der Waals surface area contributed by atoms with Gasteiger partial charge in [0.25, 0.3) is 5.91 Å². The molecule has 4 aliphatic heterocycles. The number of anilines is 2. The summed E-state index contributed by atoms with van der Waals surface area (Å²) in [5.74, 6) is 1.24. The Kier molecular flexibility index (Phi) is 9.84. The molecule has 0 spiro atoms. The van der Waals surface area contributed by atoms with Crippen LogP contribution in [0.4, 0.5) is 15.8 Å². The first-order chi connectivity index (χ1) is 27.3. The van der Waals surface area contributed by atoms with Gasteiger partial charge in [0.1, 0.15) is 23.4 Å². The van der Waals surface area contributed by atoms with E-state index in [1.807, 2.05) is 30.3 Å². The minimum absolute atomic E-state index is 0.134. The number of phenols is 1. The number of phenolic OH excluding ortho intramolecular Hbond substituents is 1. The zero-order valence-corrected chi connectivity index (χ0v) is 31.9. The number of hydrogen-bond donors (Lipinski definition) is 2. The second kappa shape index (κ2) is 15.2. The van der Waals surface area contributed by atoms with E-state index in [9.17, 15) is 23.9 Å². The SMILES string of the molecule is O=C1CCC(N2Cc3cc(N4CCN(CCC5CCN(c6ccc(Oc7c(-c8ccc(F)cc8)sc8cc(O)ccc78)cc6)CC5)CC4)ccc3C2=O)C(=O)N1. The van der Waals surface area contributed by atoms with Crippen LogP contribution in [-0.4, -0.2) is 84.5 Å². The number of hydrogen-bond acceptors (Lipinski definition) is 9. The van der Waals surface area contributed by atoms with Crippen LogP contribution >= 0.6 is 11.3 Å². The minimum Gasteiger partial charge on any atom is -0.508 e. The molecule has 2 N–H and O–H groups in total. The van der Waals surface area contributed by atoms with E-state index in [-0.39, 0.29) is 35.7 Å². The van der Waals surface area contributed by atoms with E-state index in [0.29, 0.717) is 30.2 Å². The molecule has 1 atom stereocenters. The normalized spacial score (nSPS) is 19.5. The highest BCUT2D eigenvalue weighted by Crippen LogP contribution is 2.47. The third-order valence-corrected chi connectivity index (χ3v) is 13.1. The topological polar surface area (TPSA) is 106 Å². The molecule has 5 heterocycles. The van der Waals surface area contributed by atoms with Gasteiger partial charge >= 0.3 is 0 Å². The van der Waals surface area contributed by atoms with E-state index in [4.69, 9.17) is 4.74 Å². The molecule has 288 valence electrons. The molecule has 3 fully saturated rings. The van der Waals surface area contributed by atoms with Crippen molar-refractivity contribution >= 4 is 50.5 Å². The number of carbonyl (C=O) groups is 3. The predicted molar refractivity (Wildman–Crippen MR) is 216 cm³/mol. The molecule has 4 aromatic carbocycles. The van der Waals surface area contributed by atoms with Crippen molar-refractivity contribution < 1.29 is 28.6 Å². The summed E-state index contributed by atoms with van der Waals surface area (Å²) in [4.78, 5) is 47.1. The molecular weight excluding hydrogens is 730 g/mol. The lowest BCUT2D eigenvalue weighted by atomic mass is 9.93. The number of fused-ring (bicyclic) bond motifs is 2. The Morgan fingerprint density at radius 1 is 0.804 bits per heavy atom. The highest BCUT2D eigenvalue weighted by Gasteiger charge is 2.39. The fourth-order valence-corrected chi connectivity index (χ4v) is 9.80. The van der Waals surface area contributed by atoms with Crippen LogP contribution in [0.2, 0.25) is 0 Å². The van der Waals surface area contributed by atoms with E-state index >= 15 is 0 Å². The Morgan fingerprint density at radius 3 is 2.29 bits per heavy atom. The summed E-state index contributed by atoms with van der Waals surface area (Å²) in [7, 11) is 0. The van der Waals surface area contributed by atoms with Gasteiger partial charge in [0.05, 0.1) is 4.88 Å². The molecule has 12 heteroatoms. The molecule has 5 aromatic rings. The number of carbonyl (C=O) groups excluding carboxylic acids is 3. The molecule has 4 aliphatic rings. The Labute approximate surface area is 329 Å². The highest BCUT2D eigenvalue weighted by atomic mass is 32.1. The quantitative estimate of drug-likeness (QED) is 0.150. The number of thiophene rings is 1. The Bertz CT molecular complexity index is 2280. The number of aromatic hydroxyl groups is 1. The standard InChI is InChI=1S/C44H44FN5O5S/c45-31-3-1-29(2-4-31)42-41(37-12-8-34(51)26-39(37)56-42)55-35-9-5-32(6-10-35)48-19-16-28(17-20-48)15-18-47-21-23-49(24-22-47)33-7-11-36-30(25-33)27-50(44(36)54)38-13-14-40(52)46-43(38)53/h1-12,25-26,28,38,51H,13-24,27H2,(H,46,52,53). The van der Waals surface area contributed by atoms with Crippen molar-refractivity contribution in [3.8, 4) is 27.7 Å². The fourth-order valence-electron chi connectivity index (χ4n) is 8.63. The summed E-state index contributed by atoms with van der Waals surface area (Å²) in [5.41, 5.74) is 4.76. The van der Waals surface area contributed by atoms with Crippen molar-refractivity contribution in [2.45, 2.75) is 44.7 Å². The zero-order chi connectivity index (χ0) is 38.3. The van der Waals surface area contributed by atoms with Crippen LogP contribution in [0.25, 0.3) is 20.5 Å². The third-order valence-electron chi connectivity index (χ3n) is 11.9. The van der Waals surface area contributed by atoms with Crippen molar-refractivity contribution in [1.29, 1.82) is 0 Å². The van der Waals surface area contributed by atoms with Gasteiger partial charge in [0.15, 0.2) is 5.75 Å². The number of ether oxygens (including phenoxy) is 1. The predicted octanol–water partition coefficient (Wildman–Crippen LogP) is 7.40. The van der Waals surface area contributed by atoms with Crippen LogP contribution < -0.4 is 19.9 Å². The van der Waals surface area contributed by atoms with Crippen LogP contribution in [0.15, 0.2) is 84.9 Å². The molecule has 0 aliphatic carbocycles. The molecule has 0 radical (unpaired) electrons. The van der Waals surface area contributed by atoms with Gasteiger partial charge in [-0.05, 0) is 122 Å². The zero-order valence-electron chi connectivity index (χ0n) is 31.1. The Balaban J connectivity index is 0.746. The van der Waals surface area contributed by atoms with Gasteiger partial charge < -0.3 is 24.5 Å². The maximum absolute atomic E-state index is 13.7. The van der Waals surface area contributed by atoms with E-state index in [2.05, 4.69) is 38.2 Å². The molecule has 0 bridgehead atoms. The average molecular weight is 774 g/mol. The van der Waals surface area contributed by atoms with E-state index < -0.39 is 6.04 Å². The summed E-state index contributed by atoms with van der Waals surface area (Å²) < 4.78 is 21.1. The lowest BCUT2D eigenvalue weighted by Crippen LogP contribution is -2.52. The lowest BCUT2D eigenvalue weighted by Gasteiger charge is -2.38. The van der Waals surface area contributed by atoms with Crippen molar-refractivity contribution in [2.24, 2.45) is 5.92 Å². The van der Waals surface area contributed by atoms with Crippen LogP contribution in [0.3, 0.4) is 0 Å². The van der Waals surface area contributed by atoms with E-state index in [1.165, 1.54) is 35.6 Å². The molecule has 3 amide bonds. The average Bonchev–Trinajstić information content (AvgIpc) is 3.73. The largest absolute Gasteiger partial charge is 0.508 e. The summed E-state index contributed by atoms with van der Waals surface area (Å²) >= 11 is 1.51. The number of piperidine rings is 2. The van der Waals surface area contributed by atoms with Crippen LogP contribution in [0.5, 0.6) is 17.2 Å². The molecule has 9 rings (SSSR count). The summed E-state index contributed by atoms with van der Waals surface area (Å²) in [6.07, 6.45) is 4.15. The van der Waals surface area contributed by atoms with E-state index in [1.54, 1.807) is 29.2 Å². The number of rotatable bonds is 9. The minimum atomic E-state index is -0.596. The summed E-state index contributed by atoms with van der Waals surface area (Å²) in [6, 6.07) is 25.4. The highest BCUT2D eigenvalue weighted by molar-refractivity contribution is 7.22. The van der Waals surface area contributed by atoms with Crippen molar-refractivity contribution in [2.75, 3.05) is 55.6 Å². The maximum Gasteiger partial charge on any atom is 0.255 e. The monoisotopic (exact) mass is 773 g/mol. The van der Waals surface area contributed by atoms with Gasteiger partial charge in [-0.3, -0.25) is 24.6 Å².